The molecule has 2 amide bonds. The molecule has 1 N–H and O–H groups in total. The molecule has 1 aliphatic rings. The quantitative estimate of drug-likeness (QED) is 0.934. The van der Waals surface area contributed by atoms with Crippen LogP contribution in [0.1, 0.15) is 23.5 Å². The zero-order chi connectivity index (χ0) is 16.1. The molecule has 122 valence electrons. The Hall–Kier alpha value is -2.15. The van der Waals surface area contributed by atoms with Gasteiger partial charge in [0.15, 0.2) is 0 Å². The smallest absolute Gasteiger partial charge is 0.317 e. The van der Waals surface area contributed by atoms with Crippen molar-refractivity contribution in [3.05, 3.63) is 40.5 Å². The van der Waals surface area contributed by atoms with Crippen LogP contribution in [0.3, 0.4) is 0 Å². The predicted octanol–water partition coefficient (Wildman–Crippen LogP) is 2.60. The number of hydrogen-bond donors (Lipinski definition) is 1. The Labute approximate surface area is 139 Å². The normalized spacial score (nSPS) is 17.8. The van der Waals surface area contributed by atoms with Gasteiger partial charge in [0.25, 0.3) is 0 Å². The van der Waals surface area contributed by atoms with Gasteiger partial charge in [0.2, 0.25) is 5.88 Å². The van der Waals surface area contributed by atoms with E-state index in [0.717, 1.165) is 24.3 Å². The number of carbonyl (C=O) groups excluding carboxylic acids is 1. The van der Waals surface area contributed by atoms with Gasteiger partial charge in [-0.3, -0.25) is 0 Å². The Morgan fingerprint density at radius 2 is 2.43 bits per heavy atom. The second kappa shape index (κ2) is 7.41. The molecule has 1 atom stereocenters. The van der Waals surface area contributed by atoms with Gasteiger partial charge in [-0.2, -0.15) is 4.98 Å². The van der Waals surface area contributed by atoms with E-state index in [1.165, 1.54) is 0 Å². The van der Waals surface area contributed by atoms with Crippen LogP contribution in [-0.4, -0.2) is 40.1 Å². The molecule has 3 rings (SSSR count). The number of urea groups is 1. The molecule has 6 nitrogen and oxygen atoms in total. The van der Waals surface area contributed by atoms with Crippen molar-refractivity contribution in [2.24, 2.45) is 0 Å². The molecule has 1 unspecified atom stereocenters. The Bertz CT molecular complexity index is 647. The number of carbonyl (C=O) groups is 1. The number of ether oxygens (including phenoxy) is 1. The number of likely N-dealkylation sites (tertiary alicyclic amines) is 1. The lowest BCUT2D eigenvalue weighted by Crippen LogP contribution is -2.48. The fourth-order valence-corrected chi connectivity index (χ4v) is 3.22. The minimum atomic E-state index is -0.0365. The molecule has 1 fully saturated rings. The van der Waals surface area contributed by atoms with Crippen molar-refractivity contribution in [2.45, 2.75) is 32.4 Å². The summed E-state index contributed by atoms with van der Waals surface area (Å²) in [6.07, 6.45) is 3.52. The van der Waals surface area contributed by atoms with E-state index in [1.54, 1.807) is 23.6 Å². The molecule has 23 heavy (non-hydrogen) atoms. The molecular formula is C16H20N4O2S. The molecule has 0 aliphatic carbocycles. The number of aromatic nitrogens is 2. The monoisotopic (exact) mass is 332 g/mol. The topological polar surface area (TPSA) is 67.3 Å². The van der Waals surface area contributed by atoms with Gasteiger partial charge in [0.1, 0.15) is 11.9 Å². The number of amides is 2. The Morgan fingerprint density at radius 3 is 3.22 bits per heavy atom. The van der Waals surface area contributed by atoms with Gasteiger partial charge in [-0.25, -0.2) is 9.78 Å². The van der Waals surface area contributed by atoms with E-state index in [9.17, 15) is 4.79 Å². The maximum atomic E-state index is 12.3. The average molecular weight is 332 g/mol. The van der Waals surface area contributed by atoms with Crippen LogP contribution in [0.2, 0.25) is 0 Å². The third-order valence-electron chi connectivity index (χ3n) is 3.70. The summed E-state index contributed by atoms with van der Waals surface area (Å²) in [5, 5.41) is 4.97. The second-order valence-electron chi connectivity index (χ2n) is 5.51. The zero-order valence-electron chi connectivity index (χ0n) is 13.1. The summed E-state index contributed by atoms with van der Waals surface area (Å²) in [4.78, 5) is 23.6. The van der Waals surface area contributed by atoms with Crippen LogP contribution in [0.25, 0.3) is 0 Å². The molecule has 1 aliphatic heterocycles. The molecule has 0 bridgehead atoms. The summed E-state index contributed by atoms with van der Waals surface area (Å²) >= 11 is 1.64. The fraction of sp³-hybridized carbons (Fsp3) is 0.438. The van der Waals surface area contributed by atoms with Gasteiger partial charge in [-0.05, 0) is 31.2 Å². The van der Waals surface area contributed by atoms with Crippen LogP contribution in [0, 0.1) is 6.92 Å². The first kappa shape index (κ1) is 15.7. The number of nitrogens with one attached hydrogen (secondary N) is 1. The van der Waals surface area contributed by atoms with Gasteiger partial charge >= 0.3 is 6.03 Å². The van der Waals surface area contributed by atoms with Crippen LogP contribution in [0.4, 0.5) is 4.79 Å². The highest BCUT2D eigenvalue weighted by Gasteiger charge is 2.25. The van der Waals surface area contributed by atoms with Crippen molar-refractivity contribution in [3.8, 4) is 5.88 Å². The third kappa shape index (κ3) is 4.41. The number of thiophene rings is 1. The SMILES string of the molecule is Cc1nccc(OC2CCCN(C(=O)NCc3cccs3)C2)n1. The molecule has 2 aromatic rings. The maximum absolute atomic E-state index is 12.3. The van der Waals surface area contributed by atoms with Crippen molar-refractivity contribution >= 4 is 17.4 Å². The molecule has 2 aromatic heterocycles. The summed E-state index contributed by atoms with van der Waals surface area (Å²) in [6.45, 7) is 3.75. The average Bonchev–Trinajstić information content (AvgIpc) is 3.06. The Balaban J connectivity index is 1.52. The minimum absolute atomic E-state index is 0.0227. The van der Waals surface area contributed by atoms with Crippen molar-refractivity contribution < 1.29 is 9.53 Å². The lowest BCUT2D eigenvalue weighted by Gasteiger charge is -2.32. The lowest BCUT2D eigenvalue weighted by molar-refractivity contribution is 0.0974. The van der Waals surface area contributed by atoms with Gasteiger partial charge in [0, 0.05) is 23.7 Å². The highest BCUT2D eigenvalue weighted by molar-refractivity contribution is 7.09. The molecule has 0 spiro atoms. The summed E-state index contributed by atoms with van der Waals surface area (Å²) in [5.74, 6) is 1.26. The fourth-order valence-electron chi connectivity index (χ4n) is 2.58. The van der Waals surface area contributed by atoms with Gasteiger partial charge in [-0.15, -0.1) is 11.3 Å². The first-order chi connectivity index (χ1) is 11.2. The molecule has 0 aromatic carbocycles. The van der Waals surface area contributed by atoms with E-state index < -0.39 is 0 Å². The van der Waals surface area contributed by atoms with E-state index >= 15 is 0 Å². The predicted molar refractivity (Wildman–Crippen MR) is 88.5 cm³/mol. The summed E-state index contributed by atoms with van der Waals surface area (Å²) in [7, 11) is 0. The van der Waals surface area contributed by atoms with E-state index in [4.69, 9.17) is 4.74 Å². The lowest BCUT2D eigenvalue weighted by atomic mass is 10.1. The highest BCUT2D eigenvalue weighted by atomic mass is 32.1. The summed E-state index contributed by atoms with van der Waals surface area (Å²) < 4.78 is 5.90. The molecule has 0 saturated carbocycles. The van der Waals surface area contributed by atoms with Gasteiger partial charge in [-0.1, -0.05) is 6.07 Å². The van der Waals surface area contributed by atoms with Crippen LogP contribution < -0.4 is 10.1 Å². The van der Waals surface area contributed by atoms with Crippen molar-refractivity contribution in [3.63, 3.8) is 0 Å². The third-order valence-corrected chi connectivity index (χ3v) is 4.57. The number of nitrogens with zero attached hydrogens (tertiary/aromatic N) is 3. The first-order valence-corrected chi connectivity index (χ1v) is 8.60. The largest absolute Gasteiger partial charge is 0.472 e. The Morgan fingerprint density at radius 1 is 1.52 bits per heavy atom. The van der Waals surface area contributed by atoms with Crippen LogP contribution in [0.5, 0.6) is 5.88 Å². The molecule has 1 saturated heterocycles. The molecule has 7 heteroatoms. The summed E-state index contributed by atoms with van der Waals surface area (Å²) in [5.41, 5.74) is 0. The van der Waals surface area contributed by atoms with E-state index in [2.05, 4.69) is 15.3 Å². The Kier molecular flexibility index (Phi) is 5.07. The highest BCUT2D eigenvalue weighted by Crippen LogP contribution is 2.17. The van der Waals surface area contributed by atoms with E-state index in [0.29, 0.717) is 24.8 Å². The second-order valence-corrected chi connectivity index (χ2v) is 6.54. The van der Waals surface area contributed by atoms with Crippen LogP contribution in [-0.2, 0) is 6.54 Å². The summed E-state index contributed by atoms with van der Waals surface area (Å²) in [6, 6.07) is 5.72. The van der Waals surface area contributed by atoms with E-state index in [-0.39, 0.29) is 12.1 Å². The standard InChI is InChI=1S/C16H20N4O2S/c1-12-17-7-6-15(19-12)22-13-4-2-8-20(11-13)16(21)18-10-14-5-3-9-23-14/h3,5-7,9,13H,2,4,8,10-11H2,1H3,(H,18,21). The minimum Gasteiger partial charge on any atom is -0.472 e. The van der Waals surface area contributed by atoms with Crippen molar-refractivity contribution in [1.29, 1.82) is 0 Å². The number of aryl methyl sites for hydroxylation is 1. The van der Waals surface area contributed by atoms with E-state index in [1.807, 2.05) is 29.3 Å². The number of rotatable bonds is 4. The van der Waals surface area contributed by atoms with Gasteiger partial charge < -0.3 is 15.0 Å². The molecule has 0 radical (unpaired) electrons. The van der Waals surface area contributed by atoms with Crippen LogP contribution >= 0.6 is 11.3 Å². The van der Waals surface area contributed by atoms with Gasteiger partial charge in [0.05, 0.1) is 13.1 Å². The van der Waals surface area contributed by atoms with Crippen molar-refractivity contribution in [2.75, 3.05) is 13.1 Å². The first-order valence-electron chi connectivity index (χ1n) is 7.72. The molecular weight excluding hydrogens is 312 g/mol. The maximum Gasteiger partial charge on any atom is 0.317 e. The van der Waals surface area contributed by atoms with Crippen LogP contribution in [0.15, 0.2) is 29.8 Å². The zero-order valence-corrected chi connectivity index (χ0v) is 13.9. The number of hydrogen-bond acceptors (Lipinski definition) is 5. The molecule has 3 heterocycles. The number of piperidine rings is 1. The van der Waals surface area contributed by atoms with Crippen molar-refractivity contribution in [1.82, 2.24) is 20.2 Å².